The molecule has 3 heteroatoms. The van der Waals surface area contributed by atoms with E-state index in [1.165, 1.54) is 29.2 Å². The summed E-state index contributed by atoms with van der Waals surface area (Å²) in [5, 5.41) is 2.84. The van der Waals surface area contributed by atoms with Crippen LogP contribution < -0.4 is 0 Å². The molecule has 2 aromatic rings. The van der Waals surface area contributed by atoms with Gasteiger partial charge in [0.2, 0.25) is 0 Å². The number of hydrogen-bond acceptors (Lipinski definition) is 0. The van der Waals surface area contributed by atoms with Crippen LogP contribution in [0.4, 0.5) is 0 Å². The van der Waals surface area contributed by atoms with E-state index in [-0.39, 0.29) is 26.6 Å². The zero-order chi connectivity index (χ0) is 18.7. The third kappa shape index (κ3) is 10.8. The molecule has 0 amide bonds. The largest absolute Gasteiger partial charge is 0.358 e. The zero-order valence-corrected chi connectivity index (χ0v) is 21.3. The first kappa shape index (κ1) is 27.9. The second-order valence-corrected chi connectivity index (χ2v) is 15.7. The Morgan fingerprint density at radius 2 is 1.42 bits per heavy atom. The topological polar surface area (TPSA) is 23.8 Å². The van der Waals surface area contributed by atoms with Crippen molar-refractivity contribution >= 4 is 17.0 Å². The van der Waals surface area contributed by atoms with Gasteiger partial charge in [0, 0.05) is 0 Å². The van der Waals surface area contributed by atoms with Crippen molar-refractivity contribution in [3.05, 3.63) is 61.5 Å². The van der Waals surface area contributed by atoms with Crippen molar-refractivity contribution in [1.29, 1.82) is 0 Å². The molecule has 0 fully saturated rings. The first-order chi connectivity index (χ1) is 10.8. The quantitative estimate of drug-likeness (QED) is 0.320. The predicted octanol–water partition coefficient (Wildman–Crippen LogP) is 7.51. The Morgan fingerprint density at radius 1 is 1.04 bits per heavy atom. The summed E-state index contributed by atoms with van der Waals surface area (Å²) in [6, 6.07) is 9.38. The monoisotopic (exact) mass is 405 g/mol. The van der Waals surface area contributed by atoms with Crippen LogP contribution in [0.25, 0.3) is 16.5 Å². The second kappa shape index (κ2) is 10.9. The molecule has 0 bridgehead atoms. The maximum atomic E-state index is 6.94. The number of aryl methyl sites for hydroxylation is 1. The molecule has 0 saturated heterocycles. The van der Waals surface area contributed by atoms with Crippen molar-refractivity contribution in [2.24, 2.45) is 5.41 Å². The summed E-state index contributed by atoms with van der Waals surface area (Å²) in [4.78, 5) is 0. The van der Waals surface area contributed by atoms with Crippen LogP contribution in [0.15, 0.2) is 24.3 Å². The molecule has 2 aromatic carbocycles. The predicted molar refractivity (Wildman–Crippen MR) is 120 cm³/mol. The Bertz CT molecular complexity index is 650. The number of benzene rings is 1. The van der Waals surface area contributed by atoms with Gasteiger partial charge in [-0.25, -0.2) is 0 Å². The number of rotatable bonds is 0. The van der Waals surface area contributed by atoms with E-state index in [4.69, 9.17) is 5.73 Å². The van der Waals surface area contributed by atoms with E-state index in [9.17, 15) is 0 Å². The van der Waals surface area contributed by atoms with Crippen molar-refractivity contribution in [3.8, 4) is 0 Å². The van der Waals surface area contributed by atoms with Gasteiger partial charge < -0.3 is 20.6 Å². The summed E-state index contributed by atoms with van der Waals surface area (Å²) in [7, 11) is 0. The SMILES string of the molecule is CC(C)(C)[NH-].C[Si](C)=[Ti].Cc1cc2cc3c(cc2[cH-]1)CC(C)(C)C3.[CH3-].[CH3-]. The molecule has 26 heavy (non-hydrogen) atoms. The van der Waals surface area contributed by atoms with E-state index in [0.717, 1.165) is 0 Å². The Morgan fingerprint density at radius 3 is 1.85 bits per heavy atom. The van der Waals surface area contributed by atoms with E-state index in [2.05, 4.69) is 77.3 Å². The zero-order valence-electron chi connectivity index (χ0n) is 18.7. The molecule has 0 unspecified atom stereocenters. The normalized spacial score (nSPS) is 13.8. The molecule has 3 rings (SSSR count). The Hall–Kier alpha value is -0.279. The molecular weight excluding hydrogens is 366 g/mol. The molecule has 0 atom stereocenters. The van der Waals surface area contributed by atoms with Crippen molar-refractivity contribution in [2.45, 2.75) is 73.0 Å². The summed E-state index contributed by atoms with van der Waals surface area (Å²) < 4.78 is 0. The van der Waals surface area contributed by atoms with Gasteiger partial charge in [-0.05, 0) is 18.3 Å². The van der Waals surface area contributed by atoms with Crippen LogP contribution in [0.2, 0.25) is 13.1 Å². The molecule has 148 valence electrons. The maximum Gasteiger partial charge on any atom is -0.0237 e. The van der Waals surface area contributed by atoms with E-state index < -0.39 is 0 Å². The summed E-state index contributed by atoms with van der Waals surface area (Å²) in [6.07, 6.45) is 2.60. The Labute approximate surface area is 175 Å². The van der Waals surface area contributed by atoms with Crippen LogP contribution in [-0.4, -0.2) is 11.7 Å². The van der Waals surface area contributed by atoms with Crippen LogP contribution >= 0.6 is 0 Å². The van der Waals surface area contributed by atoms with Gasteiger partial charge in [-0.1, -0.05) is 52.7 Å². The van der Waals surface area contributed by atoms with Gasteiger partial charge in [-0.15, -0.1) is 40.1 Å². The van der Waals surface area contributed by atoms with Gasteiger partial charge in [-0.3, -0.25) is 0 Å². The molecule has 0 radical (unpaired) electrons. The fourth-order valence-corrected chi connectivity index (χ4v) is 2.93. The van der Waals surface area contributed by atoms with E-state index >= 15 is 0 Å². The third-order valence-corrected chi connectivity index (χ3v) is 3.51. The third-order valence-electron chi connectivity index (χ3n) is 3.51. The number of hydrogen-bond donors (Lipinski definition) is 0. The van der Waals surface area contributed by atoms with Gasteiger partial charge >= 0.3 is 38.5 Å². The van der Waals surface area contributed by atoms with E-state index in [1.54, 1.807) is 11.1 Å². The molecule has 0 spiro atoms. The fraction of sp³-hybridized carbons (Fsp3) is 0.522. The maximum absolute atomic E-state index is 6.94. The van der Waals surface area contributed by atoms with Gasteiger partial charge in [0.05, 0.1) is 0 Å². The summed E-state index contributed by atoms with van der Waals surface area (Å²) >= 11 is 2.27. The molecule has 1 aliphatic carbocycles. The van der Waals surface area contributed by atoms with Crippen molar-refractivity contribution in [3.63, 3.8) is 0 Å². The van der Waals surface area contributed by atoms with Gasteiger partial charge in [0.15, 0.2) is 0 Å². The van der Waals surface area contributed by atoms with Crippen molar-refractivity contribution in [1.82, 2.24) is 0 Å². The Balaban J connectivity index is 0. The standard InChI is InChI=1S/C15H17.C4H10N.C2H6Si.2CH3.Ti/c1-10-4-11-6-13-8-15(2,3)9-14(13)7-12(11)5-10;1-4(2,3)5;1-3-2;;;/h4-7H,8-9H2,1-3H3;5H,1-3H3;1-2H3;2*1H3;/q2*-1;;2*-1;. The summed E-state index contributed by atoms with van der Waals surface area (Å²) in [6.45, 7) is 17.0. The first-order valence-corrected chi connectivity index (χ1v) is 13.6. The van der Waals surface area contributed by atoms with Gasteiger partial charge in [0.25, 0.3) is 0 Å². The first-order valence-electron chi connectivity index (χ1n) is 8.72. The van der Waals surface area contributed by atoms with Crippen LogP contribution in [0, 0.1) is 27.2 Å². The average molecular weight is 406 g/mol. The summed E-state index contributed by atoms with van der Waals surface area (Å²) in [5.41, 5.74) is 11.7. The minimum absolute atomic E-state index is 0. The molecular formula is C23H39NSiTi-4. The number of nitrogens with one attached hydrogen (secondary N) is 1. The average Bonchev–Trinajstić information content (AvgIpc) is 2.77. The fourth-order valence-electron chi connectivity index (χ4n) is 2.93. The summed E-state index contributed by atoms with van der Waals surface area (Å²) in [5.74, 6) is 0. The van der Waals surface area contributed by atoms with Crippen molar-refractivity contribution in [2.75, 3.05) is 0 Å². The minimum atomic E-state index is -0.250. The van der Waals surface area contributed by atoms with E-state index in [0.29, 0.717) is 5.41 Å². The second-order valence-electron chi connectivity index (χ2n) is 9.05. The molecule has 1 nitrogen and oxygen atoms in total. The molecule has 0 heterocycles. The van der Waals surface area contributed by atoms with E-state index in [1.807, 2.05) is 20.8 Å². The van der Waals surface area contributed by atoms with Gasteiger partial charge in [0.1, 0.15) is 0 Å². The minimum Gasteiger partial charge on any atom is -0.358 e. The molecule has 0 aliphatic heterocycles. The number of fused-ring (bicyclic) bond motifs is 2. The smallest absolute Gasteiger partial charge is 0.0237 e. The van der Waals surface area contributed by atoms with Crippen LogP contribution in [0.5, 0.6) is 0 Å². The molecule has 1 N–H and O–H groups in total. The van der Waals surface area contributed by atoms with Crippen molar-refractivity contribution < 1.29 is 19.2 Å². The van der Waals surface area contributed by atoms with Gasteiger partial charge in [-0.2, -0.15) is 6.07 Å². The Kier molecular flexibility index (Phi) is 11.7. The van der Waals surface area contributed by atoms with Crippen LogP contribution in [0.3, 0.4) is 0 Å². The molecule has 1 aliphatic rings. The molecule has 0 saturated carbocycles. The molecule has 0 aromatic heterocycles. The van der Waals surface area contributed by atoms with Crippen LogP contribution in [0.1, 0.15) is 51.3 Å². The van der Waals surface area contributed by atoms with Crippen LogP contribution in [-0.2, 0) is 32.0 Å².